The van der Waals surface area contributed by atoms with E-state index < -0.39 is 17.5 Å². The molecule has 0 fully saturated rings. The predicted molar refractivity (Wildman–Crippen MR) is 68.7 cm³/mol. The third kappa shape index (κ3) is 2.81. The lowest BCUT2D eigenvalue weighted by Crippen LogP contribution is -2.33. The van der Waals surface area contributed by atoms with Gasteiger partial charge in [0.1, 0.15) is 5.82 Å². The molecule has 0 N–H and O–H groups in total. The maximum Gasteiger partial charge on any atom is 0.299 e. The molecule has 102 valence electrons. The van der Waals surface area contributed by atoms with E-state index in [1.54, 1.807) is 0 Å². The van der Waals surface area contributed by atoms with E-state index in [-0.39, 0.29) is 5.56 Å². The van der Waals surface area contributed by atoms with Crippen LogP contribution in [0.1, 0.15) is 24.2 Å². The van der Waals surface area contributed by atoms with Crippen LogP contribution in [0.25, 0.3) is 0 Å². The predicted octanol–water partition coefficient (Wildman–Crippen LogP) is 2.03. The number of carbonyl (C=O) groups is 2. The Morgan fingerprint density at radius 1 is 1.32 bits per heavy atom. The molecule has 1 heterocycles. The molecule has 0 spiro atoms. The number of carbonyl (C=O) groups excluding carboxylic acids is 2. The summed E-state index contributed by atoms with van der Waals surface area (Å²) in [5.41, 5.74) is 0.596. The fraction of sp³-hybridized carbons (Fsp3) is 0.429. The van der Waals surface area contributed by atoms with E-state index in [9.17, 15) is 14.0 Å². The molecule has 2 rings (SSSR count). The lowest BCUT2D eigenvalue weighted by atomic mass is 10.1. The van der Waals surface area contributed by atoms with Crippen molar-refractivity contribution in [1.29, 1.82) is 0 Å². The summed E-state index contributed by atoms with van der Waals surface area (Å²) in [5, 5.41) is 0. The molecule has 5 heteroatoms. The van der Waals surface area contributed by atoms with Gasteiger partial charge in [0.2, 0.25) is 0 Å². The summed E-state index contributed by atoms with van der Waals surface area (Å²) in [6.45, 7) is 5.32. The molecule has 1 aliphatic rings. The maximum atomic E-state index is 13.1. The maximum absolute atomic E-state index is 13.1. The molecular weight excluding hydrogens is 249 g/mol. The van der Waals surface area contributed by atoms with Gasteiger partial charge in [-0.05, 0) is 24.1 Å². The zero-order valence-corrected chi connectivity index (χ0v) is 11.0. The highest BCUT2D eigenvalue weighted by atomic mass is 19.1. The number of ketones is 1. The Hall–Kier alpha value is -1.75. The van der Waals surface area contributed by atoms with Crippen LogP contribution in [0.2, 0.25) is 0 Å². The van der Waals surface area contributed by atoms with E-state index in [0.717, 1.165) is 6.07 Å². The SMILES string of the molecule is CC(C)COCCN1C(=O)C(=O)c2cc(F)ccc21. The minimum absolute atomic E-state index is 0.133. The molecule has 0 atom stereocenters. The molecule has 0 aliphatic carbocycles. The smallest absolute Gasteiger partial charge is 0.299 e. The molecule has 19 heavy (non-hydrogen) atoms. The van der Waals surface area contributed by atoms with Crippen molar-refractivity contribution >= 4 is 17.4 Å². The van der Waals surface area contributed by atoms with Crippen molar-refractivity contribution in [2.45, 2.75) is 13.8 Å². The Labute approximate surface area is 111 Å². The largest absolute Gasteiger partial charge is 0.379 e. The molecule has 1 aliphatic heterocycles. The normalized spacial score (nSPS) is 14.4. The minimum Gasteiger partial charge on any atom is -0.379 e. The molecule has 0 radical (unpaired) electrons. The average Bonchev–Trinajstić information content (AvgIpc) is 2.59. The summed E-state index contributed by atoms with van der Waals surface area (Å²) >= 11 is 0. The van der Waals surface area contributed by atoms with Crippen LogP contribution in [0, 0.1) is 11.7 Å². The van der Waals surface area contributed by atoms with Crippen molar-refractivity contribution in [3.05, 3.63) is 29.6 Å². The lowest BCUT2D eigenvalue weighted by molar-refractivity contribution is -0.114. The summed E-state index contributed by atoms with van der Waals surface area (Å²) in [4.78, 5) is 24.8. The highest BCUT2D eigenvalue weighted by Gasteiger charge is 2.35. The second kappa shape index (κ2) is 5.48. The highest BCUT2D eigenvalue weighted by Crippen LogP contribution is 2.29. The van der Waals surface area contributed by atoms with E-state index in [4.69, 9.17) is 4.74 Å². The number of nitrogens with zero attached hydrogens (tertiary/aromatic N) is 1. The van der Waals surface area contributed by atoms with Crippen LogP contribution in [0.4, 0.5) is 10.1 Å². The number of anilines is 1. The fourth-order valence-corrected chi connectivity index (χ4v) is 1.97. The third-order valence-electron chi connectivity index (χ3n) is 2.84. The Morgan fingerprint density at radius 3 is 2.74 bits per heavy atom. The zero-order chi connectivity index (χ0) is 14.0. The van der Waals surface area contributed by atoms with Gasteiger partial charge in [0, 0.05) is 13.2 Å². The van der Waals surface area contributed by atoms with Gasteiger partial charge in [-0.3, -0.25) is 9.59 Å². The van der Waals surface area contributed by atoms with Gasteiger partial charge in [-0.1, -0.05) is 13.8 Å². The van der Waals surface area contributed by atoms with Crippen LogP contribution in [-0.2, 0) is 9.53 Å². The summed E-state index contributed by atoms with van der Waals surface area (Å²) in [6, 6.07) is 3.80. The van der Waals surface area contributed by atoms with Crippen LogP contribution in [-0.4, -0.2) is 31.4 Å². The number of rotatable bonds is 5. The monoisotopic (exact) mass is 265 g/mol. The standard InChI is InChI=1S/C14H16FNO3/c1-9(2)8-19-6-5-16-12-4-3-10(15)7-11(12)13(17)14(16)18/h3-4,7,9H,5-6,8H2,1-2H3. The number of hydrogen-bond acceptors (Lipinski definition) is 3. The molecule has 4 nitrogen and oxygen atoms in total. The zero-order valence-electron chi connectivity index (χ0n) is 11.0. The summed E-state index contributed by atoms with van der Waals surface area (Å²) in [5.74, 6) is -1.37. The van der Waals surface area contributed by atoms with E-state index in [2.05, 4.69) is 0 Å². The Balaban J connectivity index is 2.07. The van der Waals surface area contributed by atoms with Gasteiger partial charge in [0.15, 0.2) is 0 Å². The van der Waals surface area contributed by atoms with Crippen molar-refractivity contribution in [3.63, 3.8) is 0 Å². The number of Topliss-reactive ketones (excluding diaryl/α,β-unsaturated/α-hetero) is 1. The van der Waals surface area contributed by atoms with Gasteiger partial charge in [-0.2, -0.15) is 0 Å². The molecule has 1 aromatic carbocycles. The van der Waals surface area contributed by atoms with Crippen molar-refractivity contribution in [2.24, 2.45) is 5.92 Å². The van der Waals surface area contributed by atoms with Gasteiger partial charge < -0.3 is 9.64 Å². The number of hydrogen-bond donors (Lipinski definition) is 0. The first kappa shape index (κ1) is 13.7. The minimum atomic E-state index is -0.654. The highest BCUT2D eigenvalue weighted by molar-refractivity contribution is 6.52. The first-order chi connectivity index (χ1) is 9.00. The second-order valence-corrected chi connectivity index (χ2v) is 4.92. The number of benzene rings is 1. The van der Waals surface area contributed by atoms with Crippen LogP contribution in [0.5, 0.6) is 0 Å². The molecule has 0 saturated carbocycles. The average molecular weight is 265 g/mol. The van der Waals surface area contributed by atoms with E-state index in [1.807, 2.05) is 13.8 Å². The molecule has 0 saturated heterocycles. The fourth-order valence-electron chi connectivity index (χ4n) is 1.97. The number of halogens is 1. The summed E-state index contributed by atoms with van der Waals surface area (Å²) in [6.07, 6.45) is 0. The third-order valence-corrected chi connectivity index (χ3v) is 2.84. The second-order valence-electron chi connectivity index (χ2n) is 4.92. The number of amides is 1. The molecule has 0 bridgehead atoms. The van der Waals surface area contributed by atoms with Crippen molar-refractivity contribution in [2.75, 3.05) is 24.7 Å². The van der Waals surface area contributed by atoms with Crippen molar-refractivity contribution in [1.82, 2.24) is 0 Å². The van der Waals surface area contributed by atoms with E-state index >= 15 is 0 Å². The Bertz CT molecular complexity index is 513. The van der Waals surface area contributed by atoms with Gasteiger partial charge in [0.05, 0.1) is 17.9 Å². The Morgan fingerprint density at radius 2 is 2.05 bits per heavy atom. The van der Waals surface area contributed by atoms with E-state index in [0.29, 0.717) is 31.4 Å². The van der Waals surface area contributed by atoms with Crippen LogP contribution < -0.4 is 4.90 Å². The lowest BCUT2D eigenvalue weighted by Gasteiger charge is -2.16. The van der Waals surface area contributed by atoms with Crippen molar-refractivity contribution in [3.8, 4) is 0 Å². The van der Waals surface area contributed by atoms with Crippen molar-refractivity contribution < 1.29 is 18.7 Å². The van der Waals surface area contributed by atoms with Crippen LogP contribution in [0.3, 0.4) is 0 Å². The first-order valence-electron chi connectivity index (χ1n) is 6.24. The topological polar surface area (TPSA) is 46.6 Å². The van der Waals surface area contributed by atoms with Crippen LogP contribution >= 0.6 is 0 Å². The molecule has 0 unspecified atom stereocenters. The Kier molecular flexibility index (Phi) is 3.95. The first-order valence-corrected chi connectivity index (χ1v) is 6.24. The summed E-state index contributed by atoms with van der Waals surface area (Å²) < 4.78 is 18.5. The van der Waals surface area contributed by atoms with Gasteiger partial charge in [-0.25, -0.2) is 4.39 Å². The van der Waals surface area contributed by atoms with Gasteiger partial charge >= 0.3 is 0 Å². The molecular formula is C14H16FNO3. The summed E-state index contributed by atoms with van der Waals surface area (Å²) in [7, 11) is 0. The number of ether oxygens (including phenoxy) is 1. The van der Waals surface area contributed by atoms with Gasteiger partial charge in [-0.15, -0.1) is 0 Å². The quantitative estimate of drug-likeness (QED) is 0.604. The van der Waals surface area contributed by atoms with Crippen LogP contribution in [0.15, 0.2) is 18.2 Å². The molecule has 1 amide bonds. The molecule has 1 aromatic rings. The van der Waals surface area contributed by atoms with E-state index in [1.165, 1.54) is 17.0 Å². The molecule has 0 aromatic heterocycles. The van der Waals surface area contributed by atoms with Gasteiger partial charge in [0.25, 0.3) is 11.7 Å². The number of fused-ring (bicyclic) bond motifs is 1.